The molecule has 0 bridgehead atoms. The van der Waals surface area contributed by atoms with Crippen molar-refractivity contribution in [1.29, 1.82) is 0 Å². The molecule has 1 aliphatic carbocycles. The first kappa shape index (κ1) is 12.0. The van der Waals surface area contributed by atoms with Crippen LogP contribution in [0.5, 0.6) is 0 Å². The van der Waals surface area contributed by atoms with Gasteiger partial charge in [-0.1, -0.05) is 33.6 Å². The molecule has 0 spiro atoms. The molecule has 2 unspecified atom stereocenters. The van der Waals surface area contributed by atoms with Gasteiger partial charge in [-0.05, 0) is 44.1 Å². The van der Waals surface area contributed by atoms with E-state index < -0.39 is 0 Å². The van der Waals surface area contributed by atoms with E-state index in [1.807, 2.05) is 0 Å². The fourth-order valence-electron chi connectivity index (χ4n) is 2.27. The van der Waals surface area contributed by atoms with Crippen molar-refractivity contribution in [3.8, 4) is 0 Å². The second kappa shape index (κ2) is 6.44. The molecule has 1 nitrogen and oxygen atoms in total. The molecule has 1 aliphatic rings. The highest BCUT2D eigenvalue weighted by Crippen LogP contribution is 2.22. The van der Waals surface area contributed by atoms with Crippen LogP contribution in [0.25, 0.3) is 0 Å². The van der Waals surface area contributed by atoms with Gasteiger partial charge in [-0.15, -0.1) is 0 Å². The Morgan fingerprint density at radius 1 is 1.14 bits per heavy atom. The molecule has 1 fully saturated rings. The fraction of sp³-hybridized carbons (Fsp3) is 1.00. The average molecular weight is 197 g/mol. The molecule has 14 heavy (non-hydrogen) atoms. The van der Waals surface area contributed by atoms with Crippen LogP contribution < -0.4 is 5.32 Å². The summed E-state index contributed by atoms with van der Waals surface area (Å²) < 4.78 is 0. The third-order valence-corrected chi connectivity index (χ3v) is 3.41. The van der Waals surface area contributed by atoms with Gasteiger partial charge in [0.05, 0.1) is 0 Å². The standard InChI is InChI=1S/C13H27N/c1-11(2)9-10-14-13-6-4-5-12(3)7-8-13/h11-14H,4-10H2,1-3H3. The Morgan fingerprint density at radius 3 is 2.64 bits per heavy atom. The lowest BCUT2D eigenvalue weighted by Gasteiger charge is -2.17. The summed E-state index contributed by atoms with van der Waals surface area (Å²) in [7, 11) is 0. The summed E-state index contributed by atoms with van der Waals surface area (Å²) in [5.74, 6) is 1.80. The highest BCUT2D eigenvalue weighted by molar-refractivity contribution is 4.73. The van der Waals surface area contributed by atoms with Crippen molar-refractivity contribution in [2.24, 2.45) is 11.8 Å². The minimum Gasteiger partial charge on any atom is -0.314 e. The summed E-state index contributed by atoms with van der Waals surface area (Å²) in [6.07, 6.45) is 8.44. The van der Waals surface area contributed by atoms with Gasteiger partial charge in [-0.25, -0.2) is 0 Å². The first-order valence-electron chi connectivity index (χ1n) is 6.42. The molecule has 1 heteroatoms. The van der Waals surface area contributed by atoms with Crippen molar-refractivity contribution >= 4 is 0 Å². The van der Waals surface area contributed by atoms with Crippen LogP contribution >= 0.6 is 0 Å². The summed E-state index contributed by atoms with van der Waals surface area (Å²) >= 11 is 0. The summed E-state index contributed by atoms with van der Waals surface area (Å²) in [5.41, 5.74) is 0. The molecule has 0 amide bonds. The zero-order valence-corrected chi connectivity index (χ0v) is 10.2. The zero-order valence-electron chi connectivity index (χ0n) is 10.2. The molecule has 0 saturated heterocycles. The number of rotatable bonds is 4. The van der Waals surface area contributed by atoms with Gasteiger partial charge in [0.15, 0.2) is 0 Å². The molecule has 0 radical (unpaired) electrons. The molecule has 1 saturated carbocycles. The summed E-state index contributed by atoms with van der Waals surface area (Å²) in [6.45, 7) is 8.22. The number of hydrogen-bond acceptors (Lipinski definition) is 1. The third-order valence-electron chi connectivity index (χ3n) is 3.41. The lowest BCUT2D eigenvalue weighted by atomic mass is 10.0. The molecule has 0 aromatic heterocycles. The van der Waals surface area contributed by atoms with Crippen LogP contribution in [0.3, 0.4) is 0 Å². The van der Waals surface area contributed by atoms with Gasteiger partial charge in [0.25, 0.3) is 0 Å². The largest absolute Gasteiger partial charge is 0.314 e. The van der Waals surface area contributed by atoms with Gasteiger partial charge in [0.1, 0.15) is 0 Å². The molecule has 0 aliphatic heterocycles. The van der Waals surface area contributed by atoms with Crippen LogP contribution in [0.1, 0.15) is 59.3 Å². The van der Waals surface area contributed by atoms with E-state index in [0.717, 1.165) is 17.9 Å². The van der Waals surface area contributed by atoms with Gasteiger partial charge in [0, 0.05) is 6.04 Å². The normalized spacial score (nSPS) is 29.1. The fourth-order valence-corrected chi connectivity index (χ4v) is 2.27. The van der Waals surface area contributed by atoms with E-state index in [1.165, 1.54) is 45.1 Å². The van der Waals surface area contributed by atoms with Crippen molar-refractivity contribution in [3.05, 3.63) is 0 Å². The SMILES string of the molecule is CC(C)CCNC1CCCC(C)CC1. The molecular weight excluding hydrogens is 170 g/mol. The first-order valence-corrected chi connectivity index (χ1v) is 6.42. The van der Waals surface area contributed by atoms with Gasteiger partial charge < -0.3 is 5.32 Å². The Bertz CT molecular complexity index is 142. The van der Waals surface area contributed by atoms with E-state index in [4.69, 9.17) is 0 Å². The number of hydrogen-bond donors (Lipinski definition) is 1. The molecular formula is C13H27N. The van der Waals surface area contributed by atoms with Crippen molar-refractivity contribution < 1.29 is 0 Å². The van der Waals surface area contributed by atoms with Gasteiger partial charge in [-0.2, -0.15) is 0 Å². The first-order chi connectivity index (χ1) is 6.68. The summed E-state index contributed by atoms with van der Waals surface area (Å²) in [5, 5.41) is 3.71. The lowest BCUT2D eigenvalue weighted by Crippen LogP contribution is -2.30. The molecule has 0 heterocycles. The second-order valence-electron chi connectivity index (χ2n) is 5.45. The van der Waals surface area contributed by atoms with Crippen LogP contribution in [-0.4, -0.2) is 12.6 Å². The second-order valence-corrected chi connectivity index (χ2v) is 5.45. The van der Waals surface area contributed by atoms with Gasteiger partial charge in [0.2, 0.25) is 0 Å². The molecule has 1 N–H and O–H groups in total. The van der Waals surface area contributed by atoms with E-state index in [0.29, 0.717) is 0 Å². The summed E-state index contributed by atoms with van der Waals surface area (Å²) in [4.78, 5) is 0. The van der Waals surface area contributed by atoms with Crippen molar-refractivity contribution in [3.63, 3.8) is 0 Å². The molecule has 2 atom stereocenters. The van der Waals surface area contributed by atoms with Crippen molar-refractivity contribution in [2.75, 3.05) is 6.54 Å². The highest BCUT2D eigenvalue weighted by atomic mass is 14.9. The van der Waals surface area contributed by atoms with Crippen molar-refractivity contribution in [1.82, 2.24) is 5.32 Å². The Hall–Kier alpha value is -0.0400. The monoisotopic (exact) mass is 197 g/mol. The Morgan fingerprint density at radius 2 is 1.93 bits per heavy atom. The predicted octanol–water partition coefficient (Wildman–Crippen LogP) is 3.59. The van der Waals surface area contributed by atoms with E-state index in [9.17, 15) is 0 Å². The topological polar surface area (TPSA) is 12.0 Å². The van der Waals surface area contributed by atoms with Gasteiger partial charge in [-0.3, -0.25) is 0 Å². The average Bonchev–Trinajstić information content (AvgIpc) is 2.30. The summed E-state index contributed by atoms with van der Waals surface area (Å²) in [6, 6.07) is 0.818. The smallest absolute Gasteiger partial charge is 0.00671 e. The molecule has 84 valence electrons. The van der Waals surface area contributed by atoms with Crippen LogP contribution in [-0.2, 0) is 0 Å². The van der Waals surface area contributed by atoms with Crippen LogP contribution in [0.4, 0.5) is 0 Å². The molecule has 0 aromatic rings. The van der Waals surface area contributed by atoms with Crippen molar-refractivity contribution in [2.45, 2.75) is 65.3 Å². The quantitative estimate of drug-likeness (QED) is 0.679. The third kappa shape index (κ3) is 4.99. The Kier molecular flexibility index (Phi) is 5.54. The van der Waals surface area contributed by atoms with E-state index in [1.54, 1.807) is 0 Å². The molecule has 0 aromatic carbocycles. The maximum Gasteiger partial charge on any atom is 0.00671 e. The maximum atomic E-state index is 3.71. The Balaban J connectivity index is 2.11. The lowest BCUT2D eigenvalue weighted by molar-refractivity contribution is 0.426. The van der Waals surface area contributed by atoms with E-state index >= 15 is 0 Å². The predicted molar refractivity (Wildman–Crippen MR) is 63.5 cm³/mol. The molecule has 1 rings (SSSR count). The Labute approximate surface area is 89.7 Å². The van der Waals surface area contributed by atoms with Crippen LogP contribution in [0.2, 0.25) is 0 Å². The van der Waals surface area contributed by atoms with Gasteiger partial charge >= 0.3 is 0 Å². The highest BCUT2D eigenvalue weighted by Gasteiger charge is 2.15. The minimum absolute atomic E-state index is 0.818. The van der Waals surface area contributed by atoms with Crippen LogP contribution in [0.15, 0.2) is 0 Å². The van der Waals surface area contributed by atoms with E-state index in [-0.39, 0.29) is 0 Å². The van der Waals surface area contributed by atoms with E-state index in [2.05, 4.69) is 26.1 Å². The minimum atomic E-state index is 0.818. The van der Waals surface area contributed by atoms with Crippen LogP contribution in [0, 0.1) is 11.8 Å². The number of nitrogens with one attached hydrogen (secondary N) is 1. The zero-order chi connectivity index (χ0) is 10.4. The maximum absolute atomic E-state index is 3.71.